The molecule has 0 N–H and O–H groups in total. The number of para-hydroxylation sites is 4. The molecule has 0 saturated carbocycles. The van der Waals surface area contributed by atoms with Crippen molar-refractivity contribution in [3.05, 3.63) is 229 Å². The molecule has 0 amide bonds. The smallest absolute Gasteiger partial charge is 0.160 e. The Morgan fingerprint density at radius 2 is 0.629 bits per heavy atom. The summed E-state index contributed by atoms with van der Waals surface area (Å²) in [6, 6.07) is 74.2. The number of hydrogen-bond acceptors (Lipinski definition) is 4. The highest BCUT2D eigenvalue weighted by molar-refractivity contribution is 5.93. The fraction of sp³-hybridized carbons (Fsp3) is 0.103. The lowest BCUT2D eigenvalue weighted by molar-refractivity contribution is 0.631. The maximum Gasteiger partial charge on any atom is 0.160 e. The summed E-state index contributed by atoms with van der Waals surface area (Å²) in [6.45, 7) is 9.35. The van der Waals surface area contributed by atoms with Gasteiger partial charge in [-0.05, 0) is 81.9 Å². The maximum absolute atomic E-state index is 5.45. The van der Waals surface area contributed by atoms with Gasteiger partial charge in [-0.25, -0.2) is 9.97 Å². The first-order valence-corrected chi connectivity index (χ1v) is 21.5. The van der Waals surface area contributed by atoms with Crippen LogP contribution in [0.25, 0.3) is 45.0 Å². The standard InChI is InChI=1S/C58H46N4/c1-57(2)46-23-11-15-27-52(46)61(53-28-16-12-24-47(53)57)44-35-43(36-45(37-44)62-54-29-17-13-25-48(54)58(3,4)49-26-14-18-30-55(49)62)56-59-50(41-21-9-6-10-22-41)38-51(60-56)42-33-31-40(32-34-42)39-19-7-5-8-20-39/h5-38H,1-4H3. The van der Waals surface area contributed by atoms with Gasteiger partial charge >= 0.3 is 0 Å². The van der Waals surface area contributed by atoms with Crippen molar-refractivity contribution in [3.63, 3.8) is 0 Å². The highest BCUT2D eigenvalue weighted by Crippen LogP contribution is 2.55. The highest BCUT2D eigenvalue weighted by Gasteiger charge is 2.39. The Hall–Kier alpha value is -7.56. The molecule has 298 valence electrons. The van der Waals surface area contributed by atoms with Gasteiger partial charge in [0.25, 0.3) is 0 Å². The van der Waals surface area contributed by atoms with Gasteiger partial charge in [-0.3, -0.25) is 0 Å². The van der Waals surface area contributed by atoms with Crippen molar-refractivity contribution in [2.45, 2.75) is 38.5 Å². The molecule has 1 aromatic heterocycles. The molecule has 0 unspecified atom stereocenters. The molecule has 11 rings (SSSR count). The van der Waals surface area contributed by atoms with Gasteiger partial charge in [0.2, 0.25) is 0 Å². The van der Waals surface area contributed by atoms with Crippen LogP contribution in [-0.2, 0) is 10.8 Å². The zero-order chi connectivity index (χ0) is 42.0. The average molecular weight is 799 g/mol. The van der Waals surface area contributed by atoms with Crippen LogP contribution < -0.4 is 9.80 Å². The van der Waals surface area contributed by atoms with Crippen LogP contribution in [0, 0.1) is 0 Å². The van der Waals surface area contributed by atoms with Crippen LogP contribution in [0.15, 0.2) is 206 Å². The Kier molecular flexibility index (Phi) is 8.80. The quantitative estimate of drug-likeness (QED) is 0.168. The molecule has 0 bridgehead atoms. The predicted molar refractivity (Wildman–Crippen MR) is 257 cm³/mol. The fourth-order valence-electron chi connectivity index (χ4n) is 9.82. The minimum Gasteiger partial charge on any atom is -0.310 e. The molecule has 0 radical (unpaired) electrons. The Morgan fingerprint density at radius 3 is 1.05 bits per heavy atom. The van der Waals surface area contributed by atoms with Crippen molar-refractivity contribution in [1.29, 1.82) is 0 Å². The fourth-order valence-corrected chi connectivity index (χ4v) is 9.82. The van der Waals surface area contributed by atoms with E-state index in [1.54, 1.807) is 0 Å². The second kappa shape index (κ2) is 14.6. The SMILES string of the molecule is CC1(C)c2ccccc2N(c2cc(-c3nc(-c4ccccc4)cc(-c4ccc(-c5ccccc5)cc4)n3)cc(N3c4ccccc4C(C)(C)c4ccccc43)c2)c2ccccc21. The van der Waals surface area contributed by atoms with Crippen LogP contribution in [0.3, 0.4) is 0 Å². The summed E-state index contributed by atoms with van der Waals surface area (Å²) in [5, 5.41) is 0. The summed E-state index contributed by atoms with van der Waals surface area (Å²) in [6.07, 6.45) is 0. The van der Waals surface area contributed by atoms with Crippen LogP contribution >= 0.6 is 0 Å². The molecular formula is C58H46N4. The lowest BCUT2D eigenvalue weighted by atomic mass is 9.73. The summed E-state index contributed by atoms with van der Waals surface area (Å²) in [7, 11) is 0. The van der Waals surface area contributed by atoms with Gasteiger partial charge in [0.1, 0.15) is 0 Å². The van der Waals surface area contributed by atoms with E-state index >= 15 is 0 Å². The number of nitrogens with zero attached hydrogens (tertiary/aromatic N) is 4. The normalized spacial score (nSPS) is 14.3. The van der Waals surface area contributed by atoms with Gasteiger partial charge in [-0.1, -0.05) is 185 Å². The molecule has 62 heavy (non-hydrogen) atoms. The molecule has 3 heterocycles. The Balaban J connectivity index is 1.17. The molecule has 2 aliphatic heterocycles. The lowest BCUT2D eigenvalue weighted by Crippen LogP contribution is -2.31. The largest absolute Gasteiger partial charge is 0.310 e. The van der Waals surface area contributed by atoms with Crippen LogP contribution in [0.4, 0.5) is 34.1 Å². The first-order chi connectivity index (χ1) is 30.3. The van der Waals surface area contributed by atoms with Gasteiger partial charge in [0.05, 0.1) is 34.1 Å². The Labute approximate surface area is 364 Å². The molecular weight excluding hydrogens is 753 g/mol. The van der Waals surface area contributed by atoms with Crippen molar-refractivity contribution in [2.75, 3.05) is 9.80 Å². The molecule has 0 atom stereocenters. The van der Waals surface area contributed by atoms with E-state index in [0.29, 0.717) is 5.82 Å². The summed E-state index contributed by atoms with van der Waals surface area (Å²) < 4.78 is 0. The topological polar surface area (TPSA) is 32.3 Å². The number of benzene rings is 8. The van der Waals surface area contributed by atoms with Crippen LogP contribution in [0.1, 0.15) is 49.9 Å². The lowest BCUT2D eigenvalue weighted by Gasteiger charge is -2.43. The second-order valence-corrected chi connectivity index (χ2v) is 17.5. The molecule has 0 aliphatic carbocycles. The Bertz CT molecular complexity index is 2910. The first-order valence-electron chi connectivity index (χ1n) is 21.5. The predicted octanol–water partition coefficient (Wildman–Crippen LogP) is 15.4. The molecule has 2 aliphatic rings. The summed E-state index contributed by atoms with van der Waals surface area (Å²) in [5.41, 5.74) is 18.6. The molecule has 0 spiro atoms. The van der Waals surface area contributed by atoms with E-state index in [9.17, 15) is 0 Å². The van der Waals surface area contributed by atoms with Gasteiger partial charge in [-0.15, -0.1) is 0 Å². The van der Waals surface area contributed by atoms with E-state index in [1.165, 1.54) is 33.4 Å². The molecule has 4 nitrogen and oxygen atoms in total. The number of hydrogen-bond donors (Lipinski definition) is 0. The number of rotatable bonds is 6. The Morgan fingerprint density at radius 1 is 0.306 bits per heavy atom. The minimum atomic E-state index is -0.196. The van der Waals surface area contributed by atoms with E-state index in [1.807, 2.05) is 0 Å². The van der Waals surface area contributed by atoms with Gasteiger partial charge in [0, 0.05) is 38.9 Å². The average Bonchev–Trinajstić information content (AvgIpc) is 3.32. The molecule has 4 heteroatoms. The van der Waals surface area contributed by atoms with Crippen LogP contribution in [0.2, 0.25) is 0 Å². The number of anilines is 6. The second-order valence-electron chi connectivity index (χ2n) is 17.5. The van der Waals surface area contributed by atoms with E-state index in [0.717, 1.165) is 62.2 Å². The van der Waals surface area contributed by atoms with Gasteiger partial charge in [0.15, 0.2) is 5.82 Å². The summed E-state index contributed by atoms with van der Waals surface area (Å²) in [4.78, 5) is 15.7. The third kappa shape index (κ3) is 6.13. The van der Waals surface area contributed by atoms with Gasteiger partial charge < -0.3 is 9.80 Å². The number of aromatic nitrogens is 2. The van der Waals surface area contributed by atoms with Gasteiger partial charge in [-0.2, -0.15) is 0 Å². The van der Waals surface area contributed by atoms with Crippen molar-refractivity contribution < 1.29 is 0 Å². The van der Waals surface area contributed by atoms with Crippen molar-refractivity contribution in [2.24, 2.45) is 0 Å². The van der Waals surface area contributed by atoms with Crippen molar-refractivity contribution in [1.82, 2.24) is 9.97 Å². The monoisotopic (exact) mass is 798 g/mol. The van der Waals surface area contributed by atoms with Crippen molar-refractivity contribution in [3.8, 4) is 45.0 Å². The first kappa shape index (κ1) is 37.4. The van der Waals surface area contributed by atoms with Crippen LogP contribution in [0.5, 0.6) is 0 Å². The van der Waals surface area contributed by atoms with E-state index < -0.39 is 0 Å². The third-order valence-electron chi connectivity index (χ3n) is 13.0. The summed E-state index contributed by atoms with van der Waals surface area (Å²) >= 11 is 0. The zero-order valence-corrected chi connectivity index (χ0v) is 35.4. The van der Waals surface area contributed by atoms with E-state index in [-0.39, 0.29) is 10.8 Å². The zero-order valence-electron chi connectivity index (χ0n) is 35.4. The molecule has 9 aromatic rings. The summed E-state index contributed by atoms with van der Waals surface area (Å²) in [5.74, 6) is 0.661. The molecule has 8 aromatic carbocycles. The minimum absolute atomic E-state index is 0.196. The molecule has 0 saturated heterocycles. The number of fused-ring (bicyclic) bond motifs is 4. The van der Waals surface area contributed by atoms with Crippen molar-refractivity contribution >= 4 is 34.1 Å². The molecule has 0 fully saturated rings. The van der Waals surface area contributed by atoms with E-state index in [4.69, 9.17) is 9.97 Å². The third-order valence-corrected chi connectivity index (χ3v) is 13.0. The van der Waals surface area contributed by atoms with Crippen LogP contribution in [-0.4, -0.2) is 9.97 Å². The maximum atomic E-state index is 5.45. The van der Waals surface area contributed by atoms with E-state index in [2.05, 4.69) is 244 Å². The highest BCUT2D eigenvalue weighted by atomic mass is 15.2.